The fourth-order valence-corrected chi connectivity index (χ4v) is 1.58. The van der Waals surface area contributed by atoms with E-state index in [2.05, 4.69) is 17.6 Å². The van der Waals surface area contributed by atoms with Crippen LogP contribution in [0.2, 0.25) is 0 Å². The van der Waals surface area contributed by atoms with Gasteiger partial charge in [-0.2, -0.15) is 0 Å². The smallest absolute Gasteiger partial charge is 0.0813 e. The Morgan fingerprint density at radius 2 is 2.38 bits per heavy atom. The fourth-order valence-electron chi connectivity index (χ4n) is 1.58. The number of rotatable bonds is 4. The van der Waals surface area contributed by atoms with Crippen LogP contribution in [-0.4, -0.2) is 32.8 Å². The van der Waals surface area contributed by atoms with Crippen molar-refractivity contribution in [2.45, 2.75) is 25.8 Å². The van der Waals surface area contributed by atoms with Crippen LogP contribution in [0.25, 0.3) is 0 Å². The van der Waals surface area contributed by atoms with Crippen LogP contribution >= 0.6 is 0 Å². The Morgan fingerprint density at radius 3 is 3.00 bits per heavy atom. The molecule has 13 heavy (non-hydrogen) atoms. The molecule has 0 amide bonds. The standard InChI is InChI=1S/C10H20N2O/c1-9(8-13-2)3-4-10-7-11-5-6-12-10/h8,10-12H,3-7H2,1-2H3/b9-8+. The van der Waals surface area contributed by atoms with Gasteiger partial charge in [0.25, 0.3) is 0 Å². The van der Waals surface area contributed by atoms with Crippen LogP contribution < -0.4 is 10.6 Å². The van der Waals surface area contributed by atoms with Crippen molar-refractivity contribution in [2.75, 3.05) is 26.7 Å². The largest absolute Gasteiger partial charge is 0.504 e. The fraction of sp³-hybridized carbons (Fsp3) is 0.800. The summed E-state index contributed by atoms with van der Waals surface area (Å²) < 4.78 is 4.95. The molecule has 0 radical (unpaired) electrons. The molecular formula is C10H20N2O. The van der Waals surface area contributed by atoms with Gasteiger partial charge in [-0.05, 0) is 25.3 Å². The molecule has 76 valence electrons. The summed E-state index contributed by atoms with van der Waals surface area (Å²) in [6.07, 6.45) is 4.14. The second kappa shape index (κ2) is 6.00. The molecule has 0 aromatic heterocycles. The number of piperazine rings is 1. The zero-order valence-electron chi connectivity index (χ0n) is 8.60. The summed E-state index contributed by atoms with van der Waals surface area (Å²) in [4.78, 5) is 0. The molecule has 0 aromatic carbocycles. The third-order valence-corrected chi connectivity index (χ3v) is 2.33. The van der Waals surface area contributed by atoms with Gasteiger partial charge < -0.3 is 15.4 Å². The second-order valence-electron chi connectivity index (χ2n) is 3.59. The Balaban J connectivity index is 2.13. The van der Waals surface area contributed by atoms with E-state index < -0.39 is 0 Å². The number of methoxy groups -OCH3 is 1. The predicted octanol–water partition coefficient (Wildman–Crippen LogP) is 0.878. The van der Waals surface area contributed by atoms with E-state index in [0.717, 1.165) is 26.1 Å². The van der Waals surface area contributed by atoms with Gasteiger partial charge in [-0.1, -0.05) is 0 Å². The molecule has 1 heterocycles. The average molecular weight is 184 g/mol. The highest BCUT2D eigenvalue weighted by atomic mass is 16.5. The highest BCUT2D eigenvalue weighted by molar-refractivity contribution is 4.94. The summed E-state index contributed by atoms with van der Waals surface area (Å²) >= 11 is 0. The second-order valence-corrected chi connectivity index (χ2v) is 3.59. The van der Waals surface area contributed by atoms with Crippen LogP contribution in [0.3, 0.4) is 0 Å². The van der Waals surface area contributed by atoms with Crippen molar-refractivity contribution in [1.82, 2.24) is 10.6 Å². The van der Waals surface area contributed by atoms with Gasteiger partial charge >= 0.3 is 0 Å². The molecule has 1 aliphatic heterocycles. The third kappa shape index (κ3) is 4.29. The van der Waals surface area contributed by atoms with E-state index in [-0.39, 0.29) is 0 Å². The van der Waals surface area contributed by atoms with Gasteiger partial charge in [-0.25, -0.2) is 0 Å². The Morgan fingerprint density at radius 1 is 1.54 bits per heavy atom. The normalized spacial score (nSPS) is 24.5. The maximum atomic E-state index is 4.95. The minimum absolute atomic E-state index is 0.633. The van der Waals surface area contributed by atoms with Gasteiger partial charge in [0.05, 0.1) is 13.4 Å². The van der Waals surface area contributed by atoms with Gasteiger partial charge in [0, 0.05) is 25.7 Å². The molecule has 2 N–H and O–H groups in total. The molecule has 1 fully saturated rings. The van der Waals surface area contributed by atoms with Crippen LogP contribution in [0.15, 0.2) is 11.8 Å². The molecule has 0 aromatic rings. The molecule has 3 heteroatoms. The van der Waals surface area contributed by atoms with E-state index in [0.29, 0.717) is 6.04 Å². The lowest BCUT2D eigenvalue weighted by molar-refractivity contribution is 0.330. The van der Waals surface area contributed by atoms with E-state index >= 15 is 0 Å². The van der Waals surface area contributed by atoms with E-state index in [1.54, 1.807) is 7.11 Å². The molecule has 0 aliphatic carbocycles. The van der Waals surface area contributed by atoms with E-state index in [1.165, 1.54) is 12.0 Å². The minimum atomic E-state index is 0.633. The maximum Gasteiger partial charge on any atom is 0.0813 e. The van der Waals surface area contributed by atoms with E-state index in [4.69, 9.17) is 4.74 Å². The molecule has 1 aliphatic rings. The lowest BCUT2D eigenvalue weighted by Crippen LogP contribution is -2.48. The van der Waals surface area contributed by atoms with Crippen molar-refractivity contribution in [1.29, 1.82) is 0 Å². The van der Waals surface area contributed by atoms with E-state index in [1.807, 2.05) is 6.26 Å². The Hall–Kier alpha value is -0.540. The topological polar surface area (TPSA) is 33.3 Å². The van der Waals surface area contributed by atoms with E-state index in [9.17, 15) is 0 Å². The van der Waals surface area contributed by atoms with Crippen LogP contribution in [-0.2, 0) is 4.74 Å². The number of nitrogens with one attached hydrogen (secondary N) is 2. The van der Waals surface area contributed by atoms with Gasteiger partial charge in [-0.3, -0.25) is 0 Å². The lowest BCUT2D eigenvalue weighted by atomic mass is 10.1. The summed E-state index contributed by atoms with van der Waals surface area (Å²) in [5.74, 6) is 0. The maximum absolute atomic E-state index is 4.95. The molecule has 1 saturated heterocycles. The van der Waals surface area contributed by atoms with Gasteiger partial charge in [0.1, 0.15) is 0 Å². The first-order valence-electron chi connectivity index (χ1n) is 4.95. The quantitative estimate of drug-likeness (QED) is 0.636. The number of hydrogen-bond donors (Lipinski definition) is 2. The number of ether oxygens (including phenoxy) is 1. The number of hydrogen-bond acceptors (Lipinski definition) is 3. The minimum Gasteiger partial charge on any atom is -0.504 e. The SMILES string of the molecule is CO/C=C(\C)CCC1CNCCN1. The van der Waals surface area contributed by atoms with Crippen molar-refractivity contribution in [3.8, 4) is 0 Å². The summed E-state index contributed by atoms with van der Waals surface area (Å²) in [6.45, 7) is 5.40. The van der Waals surface area contributed by atoms with Crippen molar-refractivity contribution >= 4 is 0 Å². The molecule has 1 rings (SSSR count). The molecule has 1 unspecified atom stereocenters. The highest BCUT2D eigenvalue weighted by Gasteiger charge is 2.10. The zero-order valence-corrected chi connectivity index (χ0v) is 8.60. The third-order valence-electron chi connectivity index (χ3n) is 2.33. The summed E-state index contributed by atoms with van der Waals surface area (Å²) in [7, 11) is 1.70. The Kier molecular flexibility index (Phi) is 4.86. The van der Waals surface area contributed by atoms with Crippen LogP contribution in [0.5, 0.6) is 0 Å². The van der Waals surface area contributed by atoms with Crippen LogP contribution in [0, 0.1) is 0 Å². The van der Waals surface area contributed by atoms with Gasteiger partial charge in [0.2, 0.25) is 0 Å². The van der Waals surface area contributed by atoms with Crippen molar-refractivity contribution in [3.63, 3.8) is 0 Å². The monoisotopic (exact) mass is 184 g/mol. The van der Waals surface area contributed by atoms with Crippen LogP contribution in [0.1, 0.15) is 19.8 Å². The molecule has 1 atom stereocenters. The number of allylic oxidation sites excluding steroid dienone is 1. The first-order chi connectivity index (χ1) is 6.33. The molecule has 0 bridgehead atoms. The van der Waals surface area contributed by atoms with Crippen molar-refractivity contribution in [3.05, 3.63) is 11.8 Å². The molecular weight excluding hydrogens is 164 g/mol. The first-order valence-corrected chi connectivity index (χ1v) is 4.95. The summed E-state index contributed by atoms with van der Waals surface area (Å²) in [6, 6.07) is 0.633. The first kappa shape index (κ1) is 10.5. The Labute approximate surface area is 80.5 Å². The molecule has 3 nitrogen and oxygen atoms in total. The molecule has 0 spiro atoms. The van der Waals surface area contributed by atoms with Gasteiger partial charge in [-0.15, -0.1) is 0 Å². The van der Waals surface area contributed by atoms with Gasteiger partial charge in [0.15, 0.2) is 0 Å². The molecule has 0 saturated carbocycles. The van der Waals surface area contributed by atoms with Crippen molar-refractivity contribution < 1.29 is 4.74 Å². The Bertz CT molecular complexity index is 162. The highest BCUT2D eigenvalue weighted by Crippen LogP contribution is 2.07. The zero-order chi connectivity index (χ0) is 9.52. The predicted molar refractivity (Wildman–Crippen MR) is 54.7 cm³/mol. The average Bonchev–Trinajstić information content (AvgIpc) is 2.17. The lowest BCUT2D eigenvalue weighted by Gasteiger charge is -2.24. The summed E-state index contributed by atoms with van der Waals surface area (Å²) in [5.41, 5.74) is 1.31. The van der Waals surface area contributed by atoms with Crippen molar-refractivity contribution in [2.24, 2.45) is 0 Å². The van der Waals surface area contributed by atoms with Crippen LogP contribution in [0.4, 0.5) is 0 Å². The summed E-state index contributed by atoms with van der Waals surface area (Å²) in [5, 5.41) is 6.86.